The molecule has 0 aliphatic carbocycles. The third kappa shape index (κ3) is 16.1. The Morgan fingerprint density at radius 3 is 1.66 bits per heavy atom. The lowest BCUT2D eigenvalue weighted by molar-refractivity contribution is -0.163. The van der Waals surface area contributed by atoms with Crippen molar-refractivity contribution in [3.05, 3.63) is 130 Å². The van der Waals surface area contributed by atoms with E-state index in [0.717, 1.165) is 29.6 Å². The first-order valence-corrected chi connectivity index (χ1v) is 24.1. The second-order valence-electron chi connectivity index (χ2n) is 17.2. The van der Waals surface area contributed by atoms with Gasteiger partial charge in [0.25, 0.3) is 0 Å². The van der Waals surface area contributed by atoms with E-state index in [1.54, 1.807) is 55.6 Å². The molecule has 0 aliphatic rings. The van der Waals surface area contributed by atoms with Crippen molar-refractivity contribution in [2.45, 2.75) is 71.6 Å². The number of ether oxygens (including phenoxy) is 3. The summed E-state index contributed by atoms with van der Waals surface area (Å²) < 4.78 is 25.7. The molecule has 0 bridgehead atoms. The summed E-state index contributed by atoms with van der Waals surface area (Å²) in [5.41, 5.74) is 5.05. The molecule has 8 amide bonds. The molecule has 0 aliphatic heterocycles. The van der Waals surface area contributed by atoms with Crippen molar-refractivity contribution in [3.63, 3.8) is 0 Å². The summed E-state index contributed by atoms with van der Waals surface area (Å²) in [4.78, 5) is 114. The second kappa shape index (κ2) is 26.6. The monoisotopic (exact) mass is 1060 g/mol. The van der Waals surface area contributed by atoms with Crippen LogP contribution in [0.5, 0.6) is 11.5 Å². The molecule has 2 atom stereocenters. The van der Waals surface area contributed by atoms with Crippen molar-refractivity contribution in [1.29, 1.82) is 0 Å². The van der Waals surface area contributed by atoms with E-state index >= 15 is 0 Å². The lowest BCUT2D eigenvalue weighted by atomic mass is 10.1. The van der Waals surface area contributed by atoms with Crippen molar-refractivity contribution in [2.75, 3.05) is 49.6 Å². The maximum absolute atomic E-state index is 13.4. The van der Waals surface area contributed by atoms with Crippen LogP contribution < -0.4 is 41.4 Å². The van der Waals surface area contributed by atoms with Crippen LogP contribution in [0.25, 0.3) is 0 Å². The molecule has 0 spiro atoms. The first kappa shape index (κ1) is 56.0. The Balaban J connectivity index is 0.980. The highest BCUT2D eigenvalue weighted by molar-refractivity contribution is 7.05. The highest BCUT2D eigenvalue weighted by Crippen LogP contribution is 2.28. The normalized spacial score (nSPS) is 11.5. The fraction of sp³-hybridized carbons (Fsp3) is 0.294. The number of carbonyl (C=O) groups excluding carboxylic acids is 8. The standard InChI is InChI=1S/C51H56N12O12S/c1-29-12-8-10-14-34(29)54-50(70)56-36-18-16-32(20-40(36)72-6)22-46(66)62(4)26-42-58-44(75-60-42)24-39(53-31(3)65)49(69)74-48(68)38(52-28-64)25-45-59-43(61-76-45)27-63(5)47(67)23-33-17-19-37(41(21-33)73-7)57-51(71)55-35-15-11-9-13-30(35)2/h8-21,28,38-39H,22-27H2,1-7H3,(H,52,64)(H,53,65)(H2,54,56,70)(H2,55,57,71). The molecule has 6 aromatic rings. The van der Waals surface area contributed by atoms with Crippen LogP contribution in [0.15, 0.2) is 89.5 Å². The Morgan fingerprint density at radius 2 is 1.16 bits per heavy atom. The van der Waals surface area contributed by atoms with Gasteiger partial charge < -0.3 is 60.4 Å². The molecule has 6 rings (SSSR count). The summed E-state index contributed by atoms with van der Waals surface area (Å²) in [6, 6.07) is 20.7. The Kier molecular flexibility index (Phi) is 19.6. The number of nitrogens with one attached hydrogen (secondary N) is 6. The van der Waals surface area contributed by atoms with Crippen LogP contribution in [0.1, 0.15) is 51.7 Å². The van der Waals surface area contributed by atoms with Crippen LogP contribution in [-0.4, -0.2) is 118 Å². The fourth-order valence-corrected chi connectivity index (χ4v) is 7.99. The lowest BCUT2D eigenvalue weighted by Gasteiger charge is -2.17. The average Bonchev–Trinajstić information content (AvgIpc) is 4.03. The minimum absolute atomic E-state index is 0.0100. The first-order chi connectivity index (χ1) is 36.4. The van der Waals surface area contributed by atoms with Crippen LogP contribution in [0.4, 0.5) is 32.3 Å². The minimum atomic E-state index is -1.49. The zero-order valence-corrected chi connectivity index (χ0v) is 43.4. The Morgan fingerprint density at radius 1 is 0.658 bits per heavy atom. The molecule has 25 heteroatoms. The van der Waals surface area contributed by atoms with E-state index in [9.17, 15) is 38.4 Å². The fourth-order valence-electron chi connectivity index (χ4n) is 7.29. The summed E-state index contributed by atoms with van der Waals surface area (Å²) in [6.45, 7) is 4.77. The highest BCUT2D eigenvalue weighted by atomic mass is 32.1. The third-order valence-corrected chi connectivity index (χ3v) is 12.1. The van der Waals surface area contributed by atoms with E-state index in [2.05, 4.69) is 51.4 Å². The van der Waals surface area contributed by atoms with Crippen molar-refractivity contribution >= 4 is 82.4 Å². The van der Waals surface area contributed by atoms with Gasteiger partial charge in [0, 0.05) is 38.8 Å². The number of nitrogens with zero attached hydrogens (tertiary/aromatic N) is 6. The Labute approximate surface area is 440 Å². The third-order valence-electron chi connectivity index (χ3n) is 11.3. The van der Waals surface area contributed by atoms with E-state index in [4.69, 9.17) is 18.7 Å². The summed E-state index contributed by atoms with van der Waals surface area (Å²) in [6.07, 6.45) is -0.470. The SMILES string of the molecule is COc1cc(CC(=O)N(C)Cc2noc(CC(NC(C)=O)C(=O)OC(=O)C(Cc3nc(CN(C)C(=O)Cc4ccc(NC(=O)Nc5ccccc5C)c(OC)c4)ns3)NC=O)n2)ccc1NC(=O)Nc1ccccc1C. The number of para-hydroxylation sites is 2. The number of methoxy groups -OCH3 is 2. The first-order valence-electron chi connectivity index (χ1n) is 23.4. The molecule has 2 unspecified atom stereocenters. The van der Waals surface area contributed by atoms with Gasteiger partial charge in [0.2, 0.25) is 30.0 Å². The van der Waals surface area contributed by atoms with Crippen molar-refractivity contribution < 1.29 is 57.1 Å². The molecule has 398 valence electrons. The average molecular weight is 1060 g/mol. The molecular formula is C51H56N12O12S. The van der Waals surface area contributed by atoms with Crippen molar-refractivity contribution in [3.8, 4) is 11.5 Å². The van der Waals surface area contributed by atoms with E-state index in [0.29, 0.717) is 45.4 Å². The molecule has 76 heavy (non-hydrogen) atoms. The molecular weight excluding hydrogens is 1000 g/mol. The van der Waals surface area contributed by atoms with Gasteiger partial charge in [-0.05, 0) is 84.0 Å². The van der Waals surface area contributed by atoms with Crippen molar-refractivity contribution in [2.24, 2.45) is 0 Å². The summed E-state index contributed by atoms with van der Waals surface area (Å²) in [5.74, 6) is -2.78. The van der Waals surface area contributed by atoms with Crippen LogP contribution >= 0.6 is 11.5 Å². The molecule has 4 aromatic carbocycles. The lowest BCUT2D eigenvalue weighted by Crippen LogP contribution is -2.46. The number of aromatic nitrogens is 4. The number of carbonyl (C=O) groups is 8. The van der Waals surface area contributed by atoms with Gasteiger partial charge in [0.15, 0.2) is 11.6 Å². The maximum Gasteiger partial charge on any atom is 0.336 e. The number of anilines is 4. The van der Waals surface area contributed by atoms with E-state index in [-0.39, 0.29) is 73.1 Å². The largest absolute Gasteiger partial charge is 0.495 e. The van der Waals surface area contributed by atoms with Gasteiger partial charge in [-0.15, -0.1) is 0 Å². The number of amides is 8. The highest BCUT2D eigenvalue weighted by Gasteiger charge is 2.31. The Bertz CT molecular complexity index is 3090. The topological polar surface area (TPSA) is 308 Å². The summed E-state index contributed by atoms with van der Waals surface area (Å²) >= 11 is 0.906. The van der Waals surface area contributed by atoms with Crippen molar-refractivity contribution in [1.82, 2.24) is 39.9 Å². The molecule has 2 heterocycles. The van der Waals surface area contributed by atoms with Gasteiger partial charge >= 0.3 is 24.0 Å². The van der Waals surface area contributed by atoms with Gasteiger partial charge in [-0.2, -0.15) is 9.36 Å². The molecule has 6 N–H and O–H groups in total. The van der Waals surface area contributed by atoms with Gasteiger partial charge in [-0.1, -0.05) is 53.7 Å². The summed E-state index contributed by atoms with van der Waals surface area (Å²) in [7, 11) is 5.97. The van der Waals surface area contributed by atoms with E-state index in [1.165, 1.54) is 31.1 Å². The molecule has 0 radical (unpaired) electrons. The van der Waals surface area contributed by atoms with Gasteiger partial charge in [-0.25, -0.2) is 24.2 Å². The molecule has 0 saturated carbocycles. The van der Waals surface area contributed by atoms with Crippen LogP contribution in [-0.2, 0) is 72.3 Å². The quantitative estimate of drug-likeness (QED) is 0.0287. The second-order valence-corrected chi connectivity index (χ2v) is 18.0. The molecule has 0 saturated heterocycles. The number of rotatable bonds is 23. The van der Waals surface area contributed by atoms with Crippen LogP contribution in [0, 0.1) is 13.8 Å². The van der Waals surface area contributed by atoms with Gasteiger partial charge in [0.05, 0.1) is 57.9 Å². The Hall–Kier alpha value is -9.26. The number of esters is 2. The number of aryl methyl sites for hydroxylation is 2. The predicted octanol–water partition coefficient (Wildman–Crippen LogP) is 4.72. The minimum Gasteiger partial charge on any atom is -0.495 e. The summed E-state index contributed by atoms with van der Waals surface area (Å²) in [5, 5.41) is 20.0. The van der Waals surface area contributed by atoms with Crippen LogP contribution in [0.2, 0.25) is 0 Å². The number of benzene rings is 4. The van der Waals surface area contributed by atoms with Crippen LogP contribution in [0.3, 0.4) is 0 Å². The predicted molar refractivity (Wildman–Crippen MR) is 277 cm³/mol. The zero-order valence-electron chi connectivity index (χ0n) is 42.5. The zero-order chi connectivity index (χ0) is 54.9. The number of urea groups is 2. The number of hydrogen-bond donors (Lipinski definition) is 6. The van der Waals surface area contributed by atoms with Gasteiger partial charge in [0.1, 0.15) is 28.6 Å². The molecule has 0 fully saturated rings. The molecule has 2 aromatic heterocycles. The van der Waals surface area contributed by atoms with E-state index in [1.807, 2.05) is 50.2 Å². The molecule has 24 nitrogen and oxygen atoms in total. The maximum atomic E-state index is 13.4. The van der Waals surface area contributed by atoms with Gasteiger partial charge in [-0.3, -0.25) is 19.2 Å². The number of hydrogen-bond acceptors (Lipinski definition) is 17. The van der Waals surface area contributed by atoms with E-state index < -0.39 is 48.4 Å². The number of likely N-dealkylation sites (N-methyl/N-ethyl adjacent to an activating group) is 2. The smallest absolute Gasteiger partial charge is 0.336 e.